The van der Waals surface area contributed by atoms with Crippen LogP contribution in [0.5, 0.6) is 0 Å². The number of anilines is 2. The molecule has 1 N–H and O–H groups in total. The van der Waals surface area contributed by atoms with Gasteiger partial charge in [-0.2, -0.15) is 5.26 Å². The maximum atomic E-state index is 14.6. The number of hydrogen-bond acceptors (Lipinski definition) is 9. The molecule has 10 nitrogen and oxygen atoms in total. The molecule has 0 radical (unpaired) electrons. The number of pyridine rings is 2. The Balaban J connectivity index is 1.35. The molecule has 12 heteroatoms. The Hall–Kier alpha value is -4.15. The summed E-state index contributed by atoms with van der Waals surface area (Å²) < 4.78 is 32.1. The van der Waals surface area contributed by atoms with E-state index in [4.69, 9.17) is 4.74 Å². The molecule has 36 heavy (non-hydrogen) atoms. The van der Waals surface area contributed by atoms with Crippen LogP contribution >= 0.6 is 0 Å². The van der Waals surface area contributed by atoms with Crippen LogP contribution in [0.2, 0.25) is 0 Å². The molecule has 5 heterocycles. The van der Waals surface area contributed by atoms with Crippen LogP contribution < -0.4 is 9.96 Å². The lowest BCUT2D eigenvalue weighted by atomic mass is 10.1. The van der Waals surface area contributed by atoms with Gasteiger partial charge in [0.25, 0.3) is 5.82 Å². The maximum absolute atomic E-state index is 14.6. The highest BCUT2D eigenvalue weighted by Gasteiger charge is 2.28. The zero-order valence-corrected chi connectivity index (χ0v) is 18.9. The fraction of sp³-hybridized carbons (Fsp3) is 0.208. The van der Waals surface area contributed by atoms with Crippen molar-refractivity contribution in [3.63, 3.8) is 0 Å². The first-order valence-electron chi connectivity index (χ1n) is 11.1. The van der Waals surface area contributed by atoms with Gasteiger partial charge in [-0.15, -0.1) is 0 Å². The smallest absolute Gasteiger partial charge is 0.255 e. The molecule has 1 fully saturated rings. The highest BCUT2D eigenvalue weighted by atomic mass is 19.1. The van der Waals surface area contributed by atoms with E-state index in [-0.39, 0.29) is 28.6 Å². The van der Waals surface area contributed by atoms with E-state index < -0.39 is 16.3 Å². The van der Waals surface area contributed by atoms with E-state index >= 15 is 0 Å². The topological polar surface area (TPSA) is 123 Å². The van der Waals surface area contributed by atoms with E-state index in [0.29, 0.717) is 25.4 Å². The Morgan fingerprint density at radius 2 is 1.97 bits per heavy atom. The second-order valence-corrected chi connectivity index (χ2v) is 8.19. The first-order chi connectivity index (χ1) is 17.4. The van der Waals surface area contributed by atoms with E-state index in [1.165, 1.54) is 12.3 Å². The second-order valence-electron chi connectivity index (χ2n) is 8.19. The van der Waals surface area contributed by atoms with Crippen LogP contribution in [-0.4, -0.2) is 51.1 Å². The predicted octanol–water partition coefficient (Wildman–Crippen LogP) is 3.66. The number of ether oxygens (including phenoxy) is 1. The number of hydroxylamine groups is 2. The summed E-state index contributed by atoms with van der Waals surface area (Å²) >= 11 is 0. The van der Waals surface area contributed by atoms with Crippen LogP contribution in [0.1, 0.15) is 11.3 Å². The number of halogens is 2. The van der Waals surface area contributed by atoms with Crippen molar-refractivity contribution in [2.75, 3.05) is 31.6 Å². The summed E-state index contributed by atoms with van der Waals surface area (Å²) in [6.07, 6.45) is 6.63. The highest BCUT2D eigenvalue weighted by molar-refractivity contribution is 5.68. The molecule has 0 aromatic carbocycles. The molecule has 5 rings (SSSR count). The molecule has 0 aliphatic carbocycles. The van der Waals surface area contributed by atoms with Crippen molar-refractivity contribution in [2.24, 2.45) is 0 Å². The van der Waals surface area contributed by atoms with Crippen molar-refractivity contribution in [1.29, 1.82) is 5.26 Å². The molecule has 0 amide bonds. The van der Waals surface area contributed by atoms with Gasteiger partial charge in [0.1, 0.15) is 29.7 Å². The maximum Gasteiger partial charge on any atom is 0.255 e. The van der Waals surface area contributed by atoms with Gasteiger partial charge in [-0.1, -0.05) is 0 Å². The predicted molar refractivity (Wildman–Crippen MR) is 127 cm³/mol. The van der Waals surface area contributed by atoms with Crippen LogP contribution in [0.25, 0.3) is 11.3 Å². The molecule has 1 saturated heterocycles. The number of quaternary nitrogens is 1. The van der Waals surface area contributed by atoms with Crippen molar-refractivity contribution in [3.8, 4) is 17.3 Å². The Bertz CT molecular complexity index is 1380. The van der Waals surface area contributed by atoms with E-state index in [1.54, 1.807) is 6.20 Å². The summed E-state index contributed by atoms with van der Waals surface area (Å²) in [4.78, 5) is 18.9. The van der Waals surface area contributed by atoms with Crippen LogP contribution in [0.15, 0.2) is 61.1 Å². The van der Waals surface area contributed by atoms with Crippen molar-refractivity contribution < 1.29 is 13.5 Å². The average molecular weight is 490 g/mol. The zero-order valence-electron chi connectivity index (χ0n) is 18.9. The van der Waals surface area contributed by atoms with Gasteiger partial charge in [0.15, 0.2) is 11.6 Å². The lowest BCUT2D eigenvalue weighted by Gasteiger charge is -2.30. The molecule has 2 aliphatic rings. The normalized spacial score (nSPS) is 19.7. The fourth-order valence-electron chi connectivity index (χ4n) is 3.87. The third kappa shape index (κ3) is 4.95. The van der Waals surface area contributed by atoms with Crippen molar-refractivity contribution >= 4 is 17.5 Å². The number of hydrogen-bond donors (Lipinski definition) is 1. The minimum atomic E-state index is -1.36. The van der Waals surface area contributed by atoms with Gasteiger partial charge < -0.3 is 15.3 Å². The Kier molecular flexibility index (Phi) is 6.45. The lowest BCUT2D eigenvalue weighted by molar-refractivity contribution is 0.0336. The van der Waals surface area contributed by atoms with Gasteiger partial charge in [0, 0.05) is 37.5 Å². The molecule has 3 aromatic rings. The summed E-state index contributed by atoms with van der Waals surface area (Å²) in [7, 11) is 0. The van der Waals surface area contributed by atoms with Crippen LogP contribution in [-0.2, 0) is 11.3 Å². The van der Waals surface area contributed by atoms with Crippen molar-refractivity contribution in [2.45, 2.75) is 6.54 Å². The third-order valence-corrected chi connectivity index (χ3v) is 5.68. The zero-order chi connectivity index (χ0) is 25.1. The molecular weight excluding hydrogens is 470 g/mol. The number of aromatic nitrogens is 4. The molecule has 0 saturated carbocycles. The number of nitrogens with zero attached hydrogens (tertiary/aromatic N) is 7. The van der Waals surface area contributed by atoms with E-state index in [2.05, 4.69) is 30.2 Å². The molecule has 0 bridgehead atoms. The average Bonchev–Trinajstić information content (AvgIpc) is 3.25. The third-order valence-electron chi connectivity index (χ3n) is 5.68. The molecule has 0 unspecified atom stereocenters. The van der Waals surface area contributed by atoms with Crippen LogP contribution in [0.4, 0.5) is 26.2 Å². The molecular formula is C24H20F2N8O2. The molecule has 2 aliphatic heterocycles. The largest absolute Gasteiger partial charge is 0.616 e. The Labute approximate surface area is 205 Å². The highest BCUT2D eigenvalue weighted by Crippen LogP contribution is 2.33. The standard InChI is InChI=1S/C24H20F2N8O2/c25-18-3-6-34(35,15-18)23-16(10-27)9-17(11-29-23)22-21(26)13-30-24(32-22)31-19-1-2-20(28-12-19)14-33-4-7-36-8-5-33/h1-3,6,9,11-13,15H,4-5,7-8,14H2,(H,30,31,32)/t34-/m1/s1. The van der Waals surface area contributed by atoms with Crippen molar-refractivity contribution in [3.05, 3.63) is 83.4 Å². The summed E-state index contributed by atoms with van der Waals surface area (Å²) in [6.45, 7) is 3.85. The van der Waals surface area contributed by atoms with Gasteiger partial charge in [0.05, 0.1) is 37.0 Å². The summed E-state index contributed by atoms with van der Waals surface area (Å²) in [5.41, 5.74) is 1.43. The number of nitrogens with one attached hydrogen (secondary N) is 1. The molecule has 3 aromatic heterocycles. The SMILES string of the molecule is N#Cc1cc(-c2nc(Nc3ccc(CN4CCOCC4)nc3)ncc2F)cnc1[N@@+]1([O-])C=CC(F)=C1. The minimum Gasteiger partial charge on any atom is -0.616 e. The van der Waals surface area contributed by atoms with Gasteiger partial charge in [-0.25, -0.2) is 23.7 Å². The summed E-state index contributed by atoms with van der Waals surface area (Å²) in [5.74, 6) is -1.60. The lowest BCUT2D eigenvalue weighted by Crippen LogP contribution is -2.35. The van der Waals surface area contributed by atoms with E-state index in [1.807, 2.05) is 18.2 Å². The molecule has 182 valence electrons. The van der Waals surface area contributed by atoms with Crippen molar-refractivity contribution in [1.82, 2.24) is 29.5 Å². The molecule has 0 spiro atoms. The molecule has 1 atom stereocenters. The fourth-order valence-corrected chi connectivity index (χ4v) is 3.87. The summed E-state index contributed by atoms with van der Waals surface area (Å²) in [5, 5.41) is 25.3. The van der Waals surface area contributed by atoms with E-state index in [0.717, 1.165) is 43.5 Å². The number of rotatable bonds is 6. The quantitative estimate of drug-likeness (QED) is 0.407. The first-order valence-corrected chi connectivity index (χ1v) is 11.1. The Morgan fingerprint density at radius 1 is 1.14 bits per heavy atom. The van der Waals surface area contributed by atoms with Gasteiger partial charge >= 0.3 is 0 Å². The van der Waals surface area contributed by atoms with E-state index in [9.17, 15) is 19.2 Å². The second kappa shape index (κ2) is 9.84. The van der Waals surface area contributed by atoms with Gasteiger partial charge in [0.2, 0.25) is 5.95 Å². The minimum absolute atomic E-state index is 0.108. The number of morpholine rings is 1. The van der Waals surface area contributed by atoms with Gasteiger partial charge in [-0.3, -0.25) is 14.5 Å². The number of nitriles is 1. The number of allylic oxidation sites excluding steroid dienone is 2. The van der Waals surface area contributed by atoms with Crippen LogP contribution in [0, 0.1) is 22.4 Å². The monoisotopic (exact) mass is 490 g/mol. The first kappa shape index (κ1) is 23.6. The summed E-state index contributed by atoms with van der Waals surface area (Å²) in [6, 6.07) is 6.86. The Morgan fingerprint density at radius 3 is 2.67 bits per heavy atom. The van der Waals surface area contributed by atoms with Gasteiger partial charge in [-0.05, 0) is 18.2 Å². The van der Waals surface area contributed by atoms with Crippen LogP contribution in [0.3, 0.4) is 0 Å².